The molecule has 1 amide bonds. The molecular formula is C20H24Cl4N2O5. The quantitative estimate of drug-likeness (QED) is 0.182. The molecule has 1 aromatic carbocycles. The molecule has 0 saturated heterocycles. The van der Waals surface area contributed by atoms with Crippen LogP contribution in [0.15, 0.2) is 54.8 Å². The molecule has 0 radical (unpaired) electrons. The highest BCUT2D eigenvalue weighted by molar-refractivity contribution is 6.67. The molecule has 1 unspecified atom stereocenters. The fraction of sp³-hybridized carbons (Fsp3) is 0.300. The highest BCUT2D eigenvalue weighted by atomic mass is 35.6. The normalized spacial score (nSPS) is 12.2. The zero-order valence-electron chi connectivity index (χ0n) is 16.7. The van der Waals surface area contributed by atoms with Crippen molar-refractivity contribution >= 4 is 58.3 Å². The summed E-state index contributed by atoms with van der Waals surface area (Å²) in [4.78, 5) is 22.6. The first-order valence-corrected chi connectivity index (χ1v) is 10.2. The number of carbonyl (C=O) groups is 2. The zero-order chi connectivity index (χ0) is 24.0. The van der Waals surface area contributed by atoms with E-state index in [2.05, 4.69) is 16.6 Å². The van der Waals surface area contributed by atoms with Crippen LogP contribution in [0.5, 0.6) is 5.75 Å². The molecule has 0 saturated carbocycles. The first-order valence-electron chi connectivity index (χ1n) is 8.72. The fourth-order valence-electron chi connectivity index (χ4n) is 1.73. The molecule has 1 atom stereocenters. The van der Waals surface area contributed by atoms with E-state index in [4.69, 9.17) is 57.2 Å². The van der Waals surface area contributed by atoms with Crippen LogP contribution in [0.4, 0.5) is 0 Å². The molecule has 0 bridgehead atoms. The van der Waals surface area contributed by atoms with Gasteiger partial charge in [0.15, 0.2) is 0 Å². The summed E-state index contributed by atoms with van der Waals surface area (Å²) in [5.74, 6) is -1.13. The van der Waals surface area contributed by atoms with Crippen LogP contribution in [-0.2, 0) is 14.3 Å². The number of rotatable bonds is 8. The van der Waals surface area contributed by atoms with Crippen molar-refractivity contribution in [2.45, 2.75) is 23.2 Å². The Labute approximate surface area is 201 Å². The lowest BCUT2D eigenvalue weighted by Gasteiger charge is -2.11. The van der Waals surface area contributed by atoms with Gasteiger partial charge in [-0.3, -0.25) is 9.59 Å². The zero-order valence-corrected chi connectivity index (χ0v) is 19.7. The number of hydrogen-bond donors (Lipinski definition) is 4. The van der Waals surface area contributed by atoms with Crippen LogP contribution in [0.1, 0.15) is 12.0 Å². The van der Waals surface area contributed by atoms with E-state index in [1.807, 2.05) is 6.92 Å². The number of nitrogens with two attached hydrogens (primary N) is 1. The minimum Gasteiger partial charge on any atom is -0.506 e. The van der Waals surface area contributed by atoms with Gasteiger partial charge in [0.05, 0.1) is 11.1 Å². The van der Waals surface area contributed by atoms with Crippen molar-refractivity contribution in [2.75, 3.05) is 13.2 Å². The van der Waals surface area contributed by atoms with Crippen LogP contribution in [0.2, 0.25) is 5.02 Å². The summed E-state index contributed by atoms with van der Waals surface area (Å²) in [6.45, 7) is 4.74. The Balaban J connectivity index is 0.000000823. The lowest BCUT2D eigenvalue weighted by atomic mass is 10.1. The van der Waals surface area contributed by atoms with Crippen molar-refractivity contribution in [1.82, 2.24) is 5.32 Å². The van der Waals surface area contributed by atoms with E-state index in [1.165, 1.54) is 24.4 Å². The summed E-state index contributed by atoms with van der Waals surface area (Å²) in [5.41, 5.74) is 6.63. The molecule has 0 spiro atoms. The van der Waals surface area contributed by atoms with Crippen LogP contribution < -0.4 is 11.1 Å². The number of aliphatic hydroxyl groups is 1. The van der Waals surface area contributed by atoms with Crippen molar-refractivity contribution in [3.8, 4) is 5.75 Å². The smallest absolute Gasteiger partial charge is 0.325 e. The van der Waals surface area contributed by atoms with E-state index in [0.717, 1.165) is 5.56 Å². The summed E-state index contributed by atoms with van der Waals surface area (Å²) < 4.78 is 2.91. The van der Waals surface area contributed by atoms with Crippen LogP contribution in [0.3, 0.4) is 0 Å². The Bertz CT molecular complexity index is 807. The third kappa shape index (κ3) is 15.5. The van der Waals surface area contributed by atoms with Crippen LogP contribution in [-0.4, -0.2) is 45.1 Å². The maximum atomic E-state index is 11.4. The maximum Gasteiger partial charge on any atom is 0.325 e. The number of amides is 1. The van der Waals surface area contributed by atoms with Gasteiger partial charge in [-0.2, -0.15) is 0 Å². The number of phenols is 1. The van der Waals surface area contributed by atoms with Gasteiger partial charge in [0.1, 0.15) is 18.9 Å². The number of aliphatic hydroxyl groups excluding tert-OH is 1. The van der Waals surface area contributed by atoms with Crippen molar-refractivity contribution in [3.63, 3.8) is 0 Å². The molecule has 31 heavy (non-hydrogen) atoms. The van der Waals surface area contributed by atoms with Gasteiger partial charge in [-0.1, -0.05) is 65.1 Å². The standard InChI is InChI=1S/C13H17Cl3N2O4.C7H7ClO/c1-9(5-6-17)10(19)3-2-4-11(20)18-7-12(21)22-8-13(14,15)16;1-5-2-3-7(9)6(8)4-5/h2,4-6,10,19H,1,3,7-8,17H2,(H,18,20);2-4,9H,1H3/b4-2+,6-5+;. The van der Waals surface area contributed by atoms with Gasteiger partial charge in [-0.15, -0.1) is 0 Å². The van der Waals surface area contributed by atoms with Crippen LogP contribution in [0, 0.1) is 6.92 Å². The van der Waals surface area contributed by atoms with E-state index in [-0.39, 0.29) is 18.7 Å². The van der Waals surface area contributed by atoms with Gasteiger partial charge in [-0.25, -0.2) is 0 Å². The predicted octanol–water partition coefficient (Wildman–Crippen LogP) is 3.71. The SMILES string of the molecule is C=C(/C=C/N)C(O)C/C=C/C(=O)NCC(=O)OCC(Cl)(Cl)Cl.Cc1ccc(O)c(Cl)c1. The van der Waals surface area contributed by atoms with Gasteiger partial charge < -0.3 is 26.0 Å². The van der Waals surface area contributed by atoms with Gasteiger partial charge in [0.25, 0.3) is 0 Å². The van der Waals surface area contributed by atoms with E-state index in [0.29, 0.717) is 10.6 Å². The molecule has 0 heterocycles. The second-order valence-corrected chi connectivity index (χ2v) is 8.96. The number of benzene rings is 1. The molecule has 172 valence electrons. The lowest BCUT2D eigenvalue weighted by Crippen LogP contribution is -2.31. The molecule has 11 heteroatoms. The van der Waals surface area contributed by atoms with Crippen LogP contribution >= 0.6 is 46.4 Å². The minimum absolute atomic E-state index is 0.141. The molecule has 0 aliphatic heterocycles. The molecular weight excluding hydrogens is 490 g/mol. The number of phenolic OH excluding ortho intramolecular Hbond substituents is 1. The van der Waals surface area contributed by atoms with E-state index < -0.39 is 28.4 Å². The Morgan fingerprint density at radius 3 is 2.48 bits per heavy atom. The number of aryl methyl sites for hydroxylation is 1. The Morgan fingerprint density at radius 2 is 1.97 bits per heavy atom. The lowest BCUT2D eigenvalue weighted by molar-refractivity contribution is -0.143. The number of hydrogen-bond acceptors (Lipinski definition) is 6. The highest BCUT2D eigenvalue weighted by Gasteiger charge is 2.22. The highest BCUT2D eigenvalue weighted by Crippen LogP contribution is 2.25. The largest absolute Gasteiger partial charge is 0.506 e. The number of carbonyl (C=O) groups excluding carboxylic acids is 2. The van der Waals surface area contributed by atoms with Gasteiger partial charge in [0, 0.05) is 0 Å². The van der Waals surface area contributed by atoms with Crippen molar-refractivity contribution in [3.05, 3.63) is 65.4 Å². The first-order chi connectivity index (χ1) is 14.4. The predicted molar refractivity (Wildman–Crippen MR) is 124 cm³/mol. The van der Waals surface area contributed by atoms with Crippen molar-refractivity contribution in [1.29, 1.82) is 0 Å². The number of alkyl halides is 3. The average Bonchev–Trinajstić information content (AvgIpc) is 2.68. The number of nitrogens with one attached hydrogen (secondary N) is 1. The topological polar surface area (TPSA) is 122 Å². The maximum absolute atomic E-state index is 11.4. The van der Waals surface area contributed by atoms with Gasteiger partial charge in [0.2, 0.25) is 9.70 Å². The molecule has 1 aromatic rings. The number of esters is 1. The average molecular weight is 514 g/mol. The third-order valence-corrected chi connectivity index (χ3v) is 3.90. The fourth-order valence-corrected chi connectivity index (χ4v) is 2.13. The minimum atomic E-state index is -1.70. The van der Waals surface area contributed by atoms with Crippen molar-refractivity contribution in [2.24, 2.45) is 5.73 Å². The Morgan fingerprint density at radius 1 is 1.32 bits per heavy atom. The second-order valence-electron chi connectivity index (χ2n) is 6.04. The van der Waals surface area contributed by atoms with Gasteiger partial charge in [-0.05, 0) is 55.0 Å². The second kappa shape index (κ2) is 15.0. The summed E-state index contributed by atoms with van der Waals surface area (Å²) in [6.07, 6.45) is 4.64. The first kappa shape index (κ1) is 29.1. The molecule has 1 rings (SSSR count). The molecule has 7 nitrogen and oxygen atoms in total. The van der Waals surface area contributed by atoms with Crippen molar-refractivity contribution < 1.29 is 24.5 Å². The van der Waals surface area contributed by atoms with E-state index in [9.17, 15) is 14.7 Å². The Kier molecular flexibility index (Phi) is 14.1. The molecule has 0 aromatic heterocycles. The number of ether oxygens (including phenoxy) is 1. The number of halogens is 4. The van der Waals surface area contributed by atoms with Gasteiger partial charge >= 0.3 is 5.97 Å². The number of aromatic hydroxyl groups is 1. The molecule has 0 fully saturated rings. The molecule has 0 aliphatic carbocycles. The molecule has 0 aliphatic rings. The third-order valence-electron chi connectivity index (χ3n) is 3.27. The van der Waals surface area contributed by atoms with Crippen LogP contribution in [0.25, 0.3) is 0 Å². The summed E-state index contributed by atoms with van der Waals surface area (Å²) >= 11 is 21.8. The monoisotopic (exact) mass is 512 g/mol. The Hall–Kier alpha value is -1.90. The van der Waals surface area contributed by atoms with E-state index in [1.54, 1.807) is 18.2 Å². The summed E-state index contributed by atoms with van der Waals surface area (Å²) in [6, 6.07) is 5.11. The molecule has 5 N–H and O–H groups in total. The van der Waals surface area contributed by atoms with E-state index >= 15 is 0 Å². The summed E-state index contributed by atoms with van der Waals surface area (Å²) in [5, 5.41) is 21.2. The summed E-state index contributed by atoms with van der Waals surface area (Å²) in [7, 11) is 0.